The summed E-state index contributed by atoms with van der Waals surface area (Å²) in [6, 6.07) is 2.61. The van der Waals surface area contributed by atoms with Crippen molar-refractivity contribution in [3.8, 4) is 0 Å². The highest BCUT2D eigenvalue weighted by Crippen LogP contribution is 2.20. The van der Waals surface area contributed by atoms with Crippen LogP contribution in [0.3, 0.4) is 0 Å². The van der Waals surface area contributed by atoms with Gasteiger partial charge in [-0.05, 0) is 37.3 Å². The van der Waals surface area contributed by atoms with E-state index >= 15 is 0 Å². The molecule has 29 heavy (non-hydrogen) atoms. The molecule has 4 N–H and O–H groups in total. The van der Waals surface area contributed by atoms with Crippen molar-refractivity contribution in [3.63, 3.8) is 0 Å². The zero-order valence-corrected chi connectivity index (χ0v) is 16.3. The second-order valence-corrected chi connectivity index (χ2v) is 7.22. The summed E-state index contributed by atoms with van der Waals surface area (Å²) in [4.78, 5) is 42.6. The number of anilines is 1. The summed E-state index contributed by atoms with van der Waals surface area (Å²) in [6.07, 6.45) is 3.55. The maximum atomic E-state index is 12.4. The molecule has 0 aromatic carbocycles. The first-order valence-corrected chi connectivity index (χ1v) is 9.88. The van der Waals surface area contributed by atoms with E-state index in [1.165, 1.54) is 10.5 Å². The summed E-state index contributed by atoms with van der Waals surface area (Å²) < 4.78 is 0. The van der Waals surface area contributed by atoms with Crippen LogP contribution >= 0.6 is 0 Å². The smallest absolute Gasteiger partial charge is 0.323 e. The van der Waals surface area contributed by atoms with Gasteiger partial charge in [0.15, 0.2) is 0 Å². The first-order chi connectivity index (χ1) is 14.0. The Morgan fingerprint density at radius 3 is 2.90 bits per heavy atom. The number of aryl methyl sites for hydroxylation is 2. The van der Waals surface area contributed by atoms with Crippen molar-refractivity contribution in [1.29, 1.82) is 0 Å². The molecule has 158 valence electrons. The minimum Gasteiger partial charge on any atom is -0.480 e. The Morgan fingerprint density at radius 1 is 1.31 bits per heavy atom. The number of aliphatic hydroxyl groups is 1. The minimum atomic E-state index is -1.13. The van der Waals surface area contributed by atoms with E-state index in [4.69, 9.17) is 5.11 Å². The molecule has 1 aromatic rings. The largest absolute Gasteiger partial charge is 0.480 e. The van der Waals surface area contributed by atoms with Crippen LogP contribution in [0.2, 0.25) is 0 Å². The van der Waals surface area contributed by atoms with Gasteiger partial charge >= 0.3 is 12.0 Å². The van der Waals surface area contributed by atoms with Crippen LogP contribution in [0.1, 0.15) is 24.1 Å². The first kappa shape index (κ1) is 20.8. The molecule has 1 saturated heterocycles. The number of hydrogen-bond donors (Lipinski definition) is 4. The number of nitrogens with zero attached hydrogens (tertiary/aromatic N) is 3. The second kappa shape index (κ2) is 9.55. The number of aromatic nitrogens is 1. The predicted molar refractivity (Wildman–Crippen MR) is 105 cm³/mol. The average Bonchev–Trinajstić information content (AvgIpc) is 2.72. The fraction of sp³-hybridized carbons (Fsp3) is 0.579. The number of carboxylic acid groups (broad SMARTS) is 1. The van der Waals surface area contributed by atoms with Gasteiger partial charge in [0.2, 0.25) is 5.91 Å². The number of amides is 3. The van der Waals surface area contributed by atoms with Gasteiger partial charge < -0.3 is 30.6 Å². The van der Waals surface area contributed by atoms with Gasteiger partial charge in [-0.2, -0.15) is 0 Å². The molecule has 3 rings (SSSR count). The number of hydrogen-bond acceptors (Lipinski definition) is 6. The van der Waals surface area contributed by atoms with Crippen molar-refractivity contribution >= 4 is 23.7 Å². The molecule has 3 amide bonds. The number of aliphatic hydroxyl groups excluding tert-OH is 1. The van der Waals surface area contributed by atoms with Gasteiger partial charge in [0.1, 0.15) is 18.4 Å². The lowest BCUT2D eigenvalue weighted by atomic mass is 10.1. The number of carboxylic acids is 1. The third-order valence-corrected chi connectivity index (χ3v) is 5.18. The summed E-state index contributed by atoms with van der Waals surface area (Å²) in [7, 11) is 0. The number of nitrogens with one attached hydrogen (secondary N) is 2. The van der Waals surface area contributed by atoms with Crippen molar-refractivity contribution in [2.24, 2.45) is 0 Å². The van der Waals surface area contributed by atoms with E-state index in [-0.39, 0.29) is 13.1 Å². The molecule has 0 unspecified atom stereocenters. The second-order valence-electron chi connectivity index (χ2n) is 7.22. The Kier molecular flexibility index (Phi) is 6.86. The van der Waals surface area contributed by atoms with Crippen LogP contribution in [0, 0.1) is 0 Å². The van der Waals surface area contributed by atoms with Gasteiger partial charge in [-0.1, -0.05) is 6.07 Å². The summed E-state index contributed by atoms with van der Waals surface area (Å²) in [5.74, 6) is -0.734. The quantitative estimate of drug-likeness (QED) is 0.456. The van der Waals surface area contributed by atoms with Crippen molar-refractivity contribution in [2.75, 3.05) is 44.6 Å². The van der Waals surface area contributed by atoms with E-state index in [0.717, 1.165) is 35.8 Å². The predicted octanol–water partition coefficient (Wildman–Crippen LogP) is -0.328. The van der Waals surface area contributed by atoms with E-state index in [1.807, 2.05) is 6.07 Å². The van der Waals surface area contributed by atoms with Crippen LogP contribution in [0.4, 0.5) is 10.6 Å². The third-order valence-electron chi connectivity index (χ3n) is 5.18. The molecule has 10 heteroatoms. The SMILES string of the molecule is O=C(O)CN1CCN(C(=O)NCCCc2ccc3c(n2)NCCC3)[C@@H](CO)C1=O. The van der Waals surface area contributed by atoms with Gasteiger partial charge in [-0.25, -0.2) is 9.78 Å². The number of rotatable bonds is 7. The number of fused-ring (bicyclic) bond motifs is 1. The van der Waals surface area contributed by atoms with Gasteiger partial charge in [-0.15, -0.1) is 0 Å². The number of urea groups is 1. The number of carbonyl (C=O) groups excluding carboxylic acids is 2. The molecule has 0 radical (unpaired) electrons. The van der Waals surface area contributed by atoms with Crippen LogP contribution in [0.15, 0.2) is 12.1 Å². The molecule has 1 fully saturated rings. The Balaban J connectivity index is 1.46. The molecular formula is C19H27N5O5. The van der Waals surface area contributed by atoms with Crippen molar-refractivity contribution in [3.05, 3.63) is 23.4 Å². The number of piperazine rings is 1. The summed E-state index contributed by atoms with van der Waals surface area (Å²) >= 11 is 0. The Labute approximate surface area is 168 Å². The van der Waals surface area contributed by atoms with Gasteiger partial charge in [-0.3, -0.25) is 9.59 Å². The molecule has 3 heterocycles. The first-order valence-electron chi connectivity index (χ1n) is 9.88. The van der Waals surface area contributed by atoms with Crippen molar-refractivity contribution in [2.45, 2.75) is 31.7 Å². The normalized spacial score (nSPS) is 18.8. The summed E-state index contributed by atoms with van der Waals surface area (Å²) in [6.45, 7) is 0.660. The lowest BCUT2D eigenvalue weighted by molar-refractivity contribution is -0.150. The molecule has 0 bridgehead atoms. The van der Waals surface area contributed by atoms with Crippen LogP contribution in [-0.2, 0) is 22.4 Å². The van der Waals surface area contributed by atoms with Crippen LogP contribution in [-0.4, -0.2) is 88.3 Å². The fourth-order valence-corrected chi connectivity index (χ4v) is 3.65. The Hall–Kier alpha value is -2.88. The Bertz CT molecular complexity index is 771. The van der Waals surface area contributed by atoms with Gasteiger partial charge in [0.05, 0.1) is 6.61 Å². The lowest BCUT2D eigenvalue weighted by Gasteiger charge is -2.39. The maximum Gasteiger partial charge on any atom is 0.323 e. The molecule has 0 spiro atoms. The van der Waals surface area contributed by atoms with E-state index < -0.39 is 37.1 Å². The van der Waals surface area contributed by atoms with Crippen molar-refractivity contribution in [1.82, 2.24) is 20.1 Å². The van der Waals surface area contributed by atoms with Gasteiger partial charge in [0.25, 0.3) is 0 Å². The molecule has 2 aliphatic heterocycles. The van der Waals surface area contributed by atoms with Crippen LogP contribution < -0.4 is 10.6 Å². The zero-order chi connectivity index (χ0) is 20.8. The molecular weight excluding hydrogens is 378 g/mol. The van der Waals surface area contributed by atoms with Crippen molar-refractivity contribution < 1.29 is 24.6 Å². The van der Waals surface area contributed by atoms with E-state index in [9.17, 15) is 19.5 Å². The molecule has 2 aliphatic rings. The summed E-state index contributed by atoms with van der Waals surface area (Å²) in [5.41, 5.74) is 2.19. The molecule has 1 aromatic heterocycles. The highest BCUT2D eigenvalue weighted by Gasteiger charge is 2.37. The molecule has 10 nitrogen and oxygen atoms in total. The topological polar surface area (TPSA) is 135 Å². The highest BCUT2D eigenvalue weighted by atomic mass is 16.4. The monoisotopic (exact) mass is 405 g/mol. The average molecular weight is 405 g/mol. The molecule has 0 aliphatic carbocycles. The minimum absolute atomic E-state index is 0.126. The summed E-state index contributed by atoms with van der Waals surface area (Å²) in [5, 5.41) is 24.5. The maximum absolute atomic E-state index is 12.4. The lowest BCUT2D eigenvalue weighted by Crippen LogP contribution is -2.62. The molecule has 1 atom stereocenters. The van der Waals surface area contributed by atoms with E-state index in [0.29, 0.717) is 19.4 Å². The Morgan fingerprint density at radius 2 is 2.14 bits per heavy atom. The fourth-order valence-electron chi connectivity index (χ4n) is 3.65. The zero-order valence-electron chi connectivity index (χ0n) is 16.3. The number of carbonyl (C=O) groups is 3. The van der Waals surface area contributed by atoms with Gasteiger partial charge in [0, 0.05) is 31.9 Å². The standard InChI is InChI=1S/C19H27N5O5/c25-12-15-18(28)23(11-16(26)27)9-10-24(15)19(29)21-8-2-4-14-6-5-13-3-1-7-20-17(13)22-14/h5-6,15,25H,1-4,7-12H2,(H,20,22)(H,21,29)(H,26,27)/t15-/m0/s1. The number of aliphatic carboxylic acids is 1. The van der Waals surface area contributed by atoms with Crippen LogP contribution in [0.25, 0.3) is 0 Å². The third kappa shape index (κ3) is 5.14. The van der Waals surface area contributed by atoms with E-state index in [2.05, 4.69) is 21.7 Å². The van der Waals surface area contributed by atoms with E-state index in [1.54, 1.807) is 0 Å². The molecule has 0 saturated carbocycles. The highest BCUT2D eigenvalue weighted by molar-refractivity contribution is 5.90. The van der Waals surface area contributed by atoms with Crippen LogP contribution in [0.5, 0.6) is 0 Å². The number of pyridine rings is 1.